The molecule has 0 unspecified atom stereocenters. The maximum Gasteiger partial charge on any atom is 0.327 e. The van der Waals surface area contributed by atoms with Gasteiger partial charge in [0.05, 0.1) is 17.8 Å². The van der Waals surface area contributed by atoms with E-state index in [1.807, 2.05) is 0 Å². The highest BCUT2D eigenvalue weighted by atomic mass is 32.2. The van der Waals surface area contributed by atoms with Gasteiger partial charge in [-0.2, -0.15) is 0 Å². The first-order valence-electron chi connectivity index (χ1n) is 2.78. The molecule has 0 atom stereocenters. The maximum atomic E-state index is 11.5. The lowest BCUT2D eigenvalue weighted by Crippen LogP contribution is -1.84. The zero-order valence-corrected chi connectivity index (χ0v) is 7.63. The van der Waals surface area contributed by atoms with Crippen molar-refractivity contribution in [1.82, 2.24) is 0 Å². The van der Waals surface area contributed by atoms with E-state index in [4.69, 9.17) is 0 Å². The quantitative estimate of drug-likeness (QED) is 0.322. The average Bonchev–Trinajstić information content (AvgIpc) is 2.03. The van der Waals surface area contributed by atoms with Gasteiger partial charge in [-0.25, -0.2) is 17.4 Å². The fraction of sp³-hybridized carbons (Fsp3) is 0.200. The molecule has 0 aliphatic rings. The molecule has 0 rings (SSSR count). The van der Waals surface area contributed by atoms with E-state index < -0.39 is 19.4 Å². The fourth-order valence-corrected chi connectivity index (χ4v) is 0.958. The molecule has 0 aliphatic heterocycles. The van der Waals surface area contributed by atoms with Crippen molar-refractivity contribution in [2.24, 2.45) is 0 Å². The van der Waals surface area contributed by atoms with Gasteiger partial charge in [-0.1, -0.05) is 0 Å². The van der Waals surface area contributed by atoms with Crippen LogP contribution in [0, 0.1) is 0 Å². The number of hydrogen-bond donors (Lipinski definition) is 1. The fourth-order valence-electron chi connectivity index (χ4n) is 0.421. The minimum Gasteiger partial charge on any atom is -0.290 e. The Balaban J connectivity index is 4.28. The number of allylic oxidation sites excluding steroid dienone is 1. The molecule has 0 bridgehead atoms. The molecule has 4 nitrogen and oxygen atoms in total. The molecule has 7 heteroatoms. The second-order valence-corrected chi connectivity index (χ2v) is 2.99. The highest BCUT2D eigenvalue weighted by molar-refractivity contribution is 7.77. The van der Waals surface area contributed by atoms with E-state index in [9.17, 15) is 17.4 Å². The van der Waals surface area contributed by atoms with Gasteiger partial charge in [-0.05, 0) is 12.2 Å². The molecule has 0 N–H and O–H groups in total. The normalized spacial score (nSPS) is 13.3. The van der Waals surface area contributed by atoms with Crippen LogP contribution in [0.1, 0.15) is 0 Å². The minimum atomic E-state index is -2.84. The number of thiol groups is 1. The lowest BCUT2D eigenvalue weighted by Gasteiger charge is -1.88. The molecule has 0 spiro atoms. The lowest BCUT2D eigenvalue weighted by molar-refractivity contribution is 0.387. The lowest BCUT2D eigenvalue weighted by atomic mass is 10.5. The summed E-state index contributed by atoms with van der Waals surface area (Å²) < 4.78 is 46.1. The van der Waals surface area contributed by atoms with E-state index in [0.717, 1.165) is 12.2 Å². The Kier molecular flexibility index (Phi) is 6.75. The smallest absolute Gasteiger partial charge is 0.290 e. The van der Waals surface area contributed by atoms with Crippen LogP contribution in [-0.2, 0) is 19.8 Å². The van der Waals surface area contributed by atoms with E-state index in [0.29, 0.717) is 0 Å². The summed E-state index contributed by atoms with van der Waals surface area (Å²) in [5, 5.41) is 0. The summed E-state index contributed by atoms with van der Waals surface area (Å²) in [6.07, 6.45) is 1.98. The highest BCUT2D eigenvalue weighted by Crippen LogP contribution is 2.01. The van der Waals surface area contributed by atoms with Gasteiger partial charge < -0.3 is 0 Å². The summed E-state index contributed by atoms with van der Waals surface area (Å²) in [5.41, 5.74) is 0. The van der Waals surface area contributed by atoms with Crippen molar-refractivity contribution in [3.63, 3.8) is 0 Å². The SMILES string of the molecule is O=POCC=C(C=CF)[SH](=O)=O. The van der Waals surface area contributed by atoms with Gasteiger partial charge in [0.15, 0.2) is 10.7 Å². The molecule has 68 valence electrons. The van der Waals surface area contributed by atoms with Crippen molar-refractivity contribution in [1.29, 1.82) is 0 Å². The van der Waals surface area contributed by atoms with Gasteiger partial charge in [0, 0.05) is 0 Å². The van der Waals surface area contributed by atoms with E-state index in [2.05, 4.69) is 4.52 Å². The van der Waals surface area contributed by atoms with Crippen LogP contribution in [0.3, 0.4) is 0 Å². The van der Waals surface area contributed by atoms with Gasteiger partial charge in [0.25, 0.3) is 0 Å². The minimum absolute atomic E-state index is 0.103. The molecule has 0 saturated heterocycles. The summed E-state index contributed by atoms with van der Waals surface area (Å²) in [6.45, 7) is -0.145. The van der Waals surface area contributed by atoms with Crippen LogP contribution >= 0.6 is 8.69 Å². The second kappa shape index (κ2) is 7.09. The zero-order chi connectivity index (χ0) is 9.40. The van der Waals surface area contributed by atoms with Crippen LogP contribution in [0.5, 0.6) is 0 Å². The molecule has 0 heterocycles. The van der Waals surface area contributed by atoms with Gasteiger partial charge in [-0.3, -0.25) is 4.52 Å². The molecule has 12 heavy (non-hydrogen) atoms. The topological polar surface area (TPSA) is 60.4 Å². The van der Waals surface area contributed by atoms with Gasteiger partial charge in [-0.15, -0.1) is 0 Å². The average molecular weight is 212 g/mol. The molecule has 0 aliphatic carbocycles. The van der Waals surface area contributed by atoms with Crippen molar-refractivity contribution in [3.05, 3.63) is 23.4 Å². The van der Waals surface area contributed by atoms with Crippen LogP contribution in [0.15, 0.2) is 23.4 Å². The molecule has 0 fully saturated rings. The Morgan fingerprint density at radius 3 is 2.67 bits per heavy atom. The first kappa shape index (κ1) is 11.4. The third-order valence-electron chi connectivity index (χ3n) is 0.864. The predicted molar refractivity (Wildman–Crippen MR) is 42.2 cm³/mol. The molecule has 0 aromatic carbocycles. The Morgan fingerprint density at radius 1 is 1.58 bits per heavy atom. The molecule has 0 aromatic heterocycles. The Labute approximate surface area is 72.0 Å². The third kappa shape index (κ3) is 5.12. The number of rotatable bonds is 5. The van der Waals surface area contributed by atoms with E-state index in [1.54, 1.807) is 0 Å². The van der Waals surface area contributed by atoms with E-state index in [1.165, 1.54) is 0 Å². The highest BCUT2D eigenvalue weighted by Gasteiger charge is 1.93. The maximum absolute atomic E-state index is 11.5. The summed E-state index contributed by atoms with van der Waals surface area (Å²) >= 11 is 0. The van der Waals surface area contributed by atoms with Crippen molar-refractivity contribution >= 4 is 19.4 Å². The van der Waals surface area contributed by atoms with Crippen molar-refractivity contribution in [2.75, 3.05) is 6.61 Å². The number of hydrogen-bond acceptors (Lipinski definition) is 4. The van der Waals surface area contributed by atoms with Crippen LogP contribution in [0.2, 0.25) is 0 Å². The Bertz CT molecular complexity index is 263. The van der Waals surface area contributed by atoms with Crippen molar-refractivity contribution in [3.8, 4) is 0 Å². The van der Waals surface area contributed by atoms with E-state index in [-0.39, 0.29) is 17.8 Å². The molecule has 0 saturated carbocycles. The molecular weight excluding hydrogens is 206 g/mol. The zero-order valence-electron chi connectivity index (χ0n) is 5.84. The number of halogens is 1. The van der Waals surface area contributed by atoms with Gasteiger partial charge in [0.1, 0.15) is 0 Å². The summed E-state index contributed by atoms with van der Waals surface area (Å²) in [7, 11) is -3.38. The largest absolute Gasteiger partial charge is 0.327 e. The van der Waals surface area contributed by atoms with Crippen LogP contribution in [-0.4, -0.2) is 15.0 Å². The molecule has 0 radical (unpaired) electrons. The van der Waals surface area contributed by atoms with Crippen LogP contribution < -0.4 is 0 Å². The Morgan fingerprint density at radius 2 is 2.25 bits per heavy atom. The molecule has 0 aromatic rings. The summed E-state index contributed by atoms with van der Waals surface area (Å²) in [6, 6.07) is 0. The van der Waals surface area contributed by atoms with Crippen LogP contribution in [0.4, 0.5) is 4.39 Å². The second-order valence-electron chi connectivity index (χ2n) is 1.55. The van der Waals surface area contributed by atoms with Crippen molar-refractivity contribution in [2.45, 2.75) is 0 Å². The predicted octanol–water partition coefficient (Wildman–Crippen LogP) is 1.19. The summed E-state index contributed by atoms with van der Waals surface area (Å²) in [4.78, 5) is -0.212. The first-order chi connectivity index (χ1) is 5.72. The van der Waals surface area contributed by atoms with Crippen molar-refractivity contribution < 1.29 is 21.9 Å². The third-order valence-corrected chi connectivity index (χ3v) is 1.87. The van der Waals surface area contributed by atoms with Gasteiger partial charge in [0.2, 0.25) is 0 Å². The molecular formula is C5H6FO4PS. The molecule has 0 amide bonds. The standard InChI is InChI=1S/C5H6FO4PS/c6-3-1-5(12(8)9)2-4-10-11-7/h1-3,12H,4H2. The first-order valence-corrected chi connectivity index (χ1v) is 4.69. The van der Waals surface area contributed by atoms with Crippen LogP contribution in [0.25, 0.3) is 0 Å². The van der Waals surface area contributed by atoms with Gasteiger partial charge >= 0.3 is 8.69 Å². The van der Waals surface area contributed by atoms with E-state index >= 15 is 0 Å². The monoisotopic (exact) mass is 212 g/mol. The summed E-state index contributed by atoms with van der Waals surface area (Å²) in [5.74, 6) is 0. The Hall–Kier alpha value is -0.580.